The molecule has 1 saturated heterocycles. The molecular formula is C16H18N4O4S. The lowest BCUT2D eigenvalue weighted by molar-refractivity contribution is 0.0690. The Bertz CT molecular complexity index is 875. The first-order valence-electron chi connectivity index (χ1n) is 7.67. The molecule has 8 nitrogen and oxygen atoms in total. The lowest BCUT2D eigenvalue weighted by atomic mass is 10.2. The van der Waals surface area contributed by atoms with Crippen LogP contribution in [-0.2, 0) is 10.0 Å². The van der Waals surface area contributed by atoms with Crippen molar-refractivity contribution in [1.82, 2.24) is 4.98 Å². The predicted molar refractivity (Wildman–Crippen MR) is 93.4 cm³/mol. The number of piperazine rings is 1. The maximum atomic E-state index is 11.3. The quantitative estimate of drug-likeness (QED) is 0.824. The molecule has 0 aliphatic carbocycles. The van der Waals surface area contributed by atoms with E-state index in [1.807, 2.05) is 0 Å². The van der Waals surface area contributed by atoms with Gasteiger partial charge in [-0.1, -0.05) is 0 Å². The van der Waals surface area contributed by atoms with E-state index in [9.17, 15) is 13.2 Å². The summed E-state index contributed by atoms with van der Waals surface area (Å²) in [6, 6.07) is 9.84. The van der Waals surface area contributed by atoms with E-state index < -0.39 is 16.0 Å². The Kier molecular flexibility index (Phi) is 4.60. The van der Waals surface area contributed by atoms with Gasteiger partial charge in [0.2, 0.25) is 10.0 Å². The number of carboxylic acid groups (broad SMARTS) is 1. The number of anilines is 2. The first kappa shape index (κ1) is 17.2. The summed E-state index contributed by atoms with van der Waals surface area (Å²) in [4.78, 5) is 19.2. The molecule has 3 N–H and O–H groups in total. The van der Waals surface area contributed by atoms with Crippen LogP contribution in [0.5, 0.6) is 0 Å². The zero-order valence-corrected chi connectivity index (χ0v) is 14.2. The van der Waals surface area contributed by atoms with E-state index in [4.69, 9.17) is 10.2 Å². The van der Waals surface area contributed by atoms with Crippen molar-refractivity contribution in [2.24, 2.45) is 5.14 Å². The molecule has 3 rings (SSSR count). The summed E-state index contributed by atoms with van der Waals surface area (Å²) in [5, 5.41) is 14.1. The third-order valence-corrected chi connectivity index (χ3v) is 5.07. The van der Waals surface area contributed by atoms with Crippen LogP contribution < -0.4 is 14.9 Å². The van der Waals surface area contributed by atoms with Gasteiger partial charge in [-0.05, 0) is 36.4 Å². The van der Waals surface area contributed by atoms with Crippen molar-refractivity contribution in [1.29, 1.82) is 0 Å². The number of nitrogens with zero attached hydrogens (tertiary/aromatic N) is 3. The van der Waals surface area contributed by atoms with Crippen LogP contribution in [0.4, 0.5) is 11.4 Å². The average Bonchev–Trinajstić information content (AvgIpc) is 2.61. The third kappa shape index (κ3) is 3.89. The maximum Gasteiger partial charge on any atom is 0.354 e. The van der Waals surface area contributed by atoms with Crippen molar-refractivity contribution in [2.75, 3.05) is 36.0 Å². The molecule has 2 heterocycles. The molecule has 0 saturated carbocycles. The molecular weight excluding hydrogens is 344 g/mol. The lowest BCUT2D eigenvalue weighted by Gasteiger charge is -2.37. The Labute approximate surface area is 145 Å². The number of hydrogen-bond acceptors (Lipinski definition) is 6. The van der Waals surface area contributed by atoms with Gasteiger partial charge in [-0.25, -0.2) is 23.3 Å². The number of pyridine rings is 1. The number of carbonyl (C=O) groups is 1. The van der Waals surface area contributed by atoms with Gasteiger partial charge < -0.3 is 14.9 Å². The smallest absolute Gasteiger partial charge is 0.354 e. The standard InChI is InChI=1S/C16H18N4O4S/c17-25(23,24)14-3-1-12(2-4-14)19-7-9-20(10-8-19)13-5-6-18-15(11-13)16(21)22/h1-6,11H,7-10H2,(H,21,22)(H2,17,23,24). The van der Waals surface area contributed by atoms with E-state index in [-0.39, 0.29) is 10.6 Å². The molecule has 0 spiro atoms. The van der Waals surface area contributed by atoms with E-state index in [1.165, 1.54) is 18.3 Å². The molecule has 0 atom stereocenters. The fraction of sp³-hybridized carbons (Fsp3) is 0.250. The van der Waals surface area contributed by atoms with Crippen molar-refractivity contribution < 1.29 is 18.3 Å². The van der Waals surface area contributed by atoms with Gasteiger partial charge in [0.25, 0.3) is 0 Å². The van der Waals surface area contributed by atoms with Crippen LogP contribution in [0.25, 0.3) is 0 Å². The van der Waals surface area contributed by atoms with E-state index in [0.29, 0.717) is 0 Å². The van der Waals surface area contributed by atoms with Crippen LogP contribution in [0, 0.1) is 0 Å². The molecule has 0 unspecified atom stereocenters. The number of benzene rings is 1. The zero-order valence-electron chi connectivity index (χ0n) is 13.4. The minimum Gasteiger partial charge on any atom is -0.477 e. The van der Waals surface area contributed by atoms with E-state index in [0.717, 1.165) is 37.6 Å². The van der Waals surface area contributed by atoms with Crippen LogP contribution in [0.15, 0.2) is 47.5 Å². The SMILES string of the molecule is NS(=O)(=O)c1ccc(N2CCN(c3ccnc(C(=O)O)c3)CC2)cc1. The first-order valence-corrected chi connectivity index (χ1v) is 9.21. The number of sulfonamides is 1. The highest BCUT2D eigenvalue weighted by molar-refractivity contribution is 7.89. The van der Waals surface area contributed by atoms with Crippen molar-refractivity contribution in [2.45, 2.75) is 4.90 Å². The van der Waals surface area contributed by atoms with Crippen LogP contribution in [-0.4, -0.2) is 50.7 Å². The Balaban J connectivity index is 1.68. The van der Waals surface area contributed by atoms with Crippen molar-refractivity contribution in [3.8, 4) is 0 Å². The highest BCUT2D eigenvalue weighted by atomic mass is 32.2. The topological polar surface area (TPSA) is 117 Å². The Morgan fingerprint density at radius 2 is 1.56 bits per heavy atom. The molecule has 25 heavy (non-hydrogen) atoms. The van der Waals surface area contributed by atoms with E-state index >= 15 is 0 Å². The number of nitrogens with two attached hydrogens (primary N) is 1. The minimum atomic E-state index is -3.69. The van der Waals surface area contributed by atoms with Gasteiger partial charge in [0.1, 0.15) is 5.69 Å². The maximum absolute atomic E-state index is 11.3. The second-order valence-electron chi connectivity index (χ2n) is 5.72. The number of primary sulfonamides is 1. The molecule has 1 aromatic carbocycles. The molecule has 1 aromatic heterocycles. The molecule has 1 aliphatic heterocycles. The lowest BCUT2D eigenvalue weighted by Crippen LogP contribution is -2.46. The summed E-state index contributed by atoms with van der Waals surface area (Å²) in [5.74, 6) is -1.05. The van der Waals surface area contributed by atoms with Crippen molar-refractivity contribution in [3.63, 3.8) is 0 Å². The summed E-state index contributed by atoms with van der Waals surface area (Å²) >= 11 is 0. The number of hydrogen-bond donors (Lipinski definition) is 2. The average molecular weight is 362 g/mol. The van der Waals surface area contributed by atoms with E-state index in [1.54, 1.807) is 24.3 Å². The minimum absolute atomic E-state index is 0.0264. The second kappa shape index (κ2) is 6.69. The van der Waals surface area contributed by atoms with Crippen LogP contribution in [0.2, 0.25) is 0 Å². The molecule has 0 bridgehead atoms. The summed E-state index contributed by atoms with van der Waals surface area (Å²) in [6.45, 7) is 2.92. The van der Waals surface area contributed by atoms with Crippen LogP contribution >= 0.6 is 0 Å². The van der Waals surface area contributed by atoms with E-state index in [2.05, 4.69) is 14.8 Å². The second-order valence-corrected chi connectivity index (χ2v) is 7.28. The molecule has 132 valence electrons. The molecule has 1 fully saturated rings. The van der Waals surface area contributed by atoms with Crippen LogP contribution in [0.1, 0.15) is 10.5 Å². The number of aromatic carboxylic acids is 1. The van der Waals surface area contributed by atoms with Gasteiger partial charge in [0.15, 0.2) is 0 Å². The Hall–Kier alpha value is -2.65. The molecule has 0 radical (unpaired) electrons. The van der Waals surface area contributed by atoms with Gasteiger partial charge in [-0.15, -0.1) is 0 Å². The normalized spacial score (nSPS) is 15.2. The number of rotatable bonds is 4. The Morgan fingerprint density at radius 3 is 2.08 bits per heavy atom. The number of aromatic nitrogens is 1. The predicted octanol–water partition coefficient (Wildman–Crippen LogP) is 0.754. The van der Waals surface area contributed by atoms with Crippen molar-refractivity contribution >= 4 is 27.4 Å². The monoisotopic (exact) mass is 362 g/mol. The Morgan fingerprint density at radius 1 is 1.00 bits per heavy atom. The fourth-order valence-electron chi connectivity index (χ4n) is 2.80. The van der Waals surface area contributed by atoms with Gasteiger partial charge in [-0.2, -0.15) is 0 Å². The van der Waals surface area contributed by atoms with Crippen LogP contribution in [0.3, 0.4) is 0 Å². The summed E-state index contributed by atoms with van der Waals surface area (Å²) in [6.07, 6.45) is 1.50. The molecule has 0 amide bonds. The van der Waals surface area contributed by atoms with Gasteiger partial charge in [0, 0.05) is 43.8 Å². The first-order chi connectivity index (χ1) is 11.8. The third-order valence-electron chi connectivity index (χ3n) is 4.14. The zero-order chi connectivity index (χ0) is 18.0. The molecule has 2 aromatic rings. The number of carboxylic acids is 1. The summed E-state index contributed by atoms with van der Waals surface area (Å²) in [7, 11) is -3.69. The van der Waals surface area contributed by atoms with Crippen molar-refractivity contribution in [3.05, 3.63) is 48.3 Å². The van der Waals surface area contributed by atoms with Gasteiger partial charge >= 0.3 is 5.97 Å². The highest BCUT2D eigenvalue weighted by Crippen LogP contribution is 2.22. The fourth-order valence-corrected chi connectivity index (χ4v) is 3.32. The molecule has 1 aliphatic rings. The largest absolute Gasteiger partial charge is 0.477 e. The van der Waals surface area contributed by atoms with Gasteiger partial charge in [0.05, 0.1) is 4.90 Å². The molecule has 9 heteroatoms. The van der Waals surface area contributed by atoms with Gasteiger partial charge in [-0.3, -0.25) is 0 Å². The summed E-state index contributed by atoms with van der Waals surface area (Å²) < 4.78 is 22.6. The summed E-state index contributed by atoms with van der Waals surface area (Å²) in [5.41, 5.74) is 1.78. The highest BCUT2D eigenvalue weighted by Gasteiger charge is 2.19.